The van der Waals surface area contributed by atoms with E-state index in [1.165, 1.54) is 38.5 Å². The Bertz CT molecular complexity index is 589. The number of hydrogen-bond acceptors (Lipinski definition) is 4. The molecule has 0 aliphatic heterocycles. The number of allylic oxidation sites excluding steroid dienone is 2. The van der Waals surface area contributed by atoms with Crippen molar-refractivity contribution in [1.82, 2.24) is 0 Å². The number of ether oxygens (including phenoxy) is 2. The quantitative estimate of drug-likeness (QED) is 0.172. The van der Waals surface area contributed by atoms with Crippen molar-refractivity contribution < 1.29 is 19.1 Å². The Morgan fingerprint density at radius 1 is 0.655 bits per heavy atom. The molecular weight excluding hydrogens is 364 g/mol. The van der Waals surface area contributed by atoms with Crippen molar-refractivity contribution in [2.75, 3.05) is 13.2 Å². The van der Waals surface area contributed by atoms with Gasteiger partial charge in [0.1, 0.15) is 0 Å². The van der Waals surface area contributed by atoms with Gasteiger partial charge in [0.2, 0.25) is 0 Å². The second-order valence-corrected chi connectivity index (χ2v) is 7.37. The normalized spacial score (nSPS) is 11.0. The first-order valence-electron chi connectivity index (χ1n) is 11.3. The van der Waals surface area contributed by atoms with E-state index in [4.69, 9.17) is 9.47 Å². The summed E-state index contributed by atoms with van der Waals surface area (Å²) in [5, 5.41) is 0. The van der Waals surface area contributed by atoms with E-state index in [0.29, 0.717) is 24.3 Å². The van der Waals surface area contributed by atoms with Crippen molar-refractivity contribution in [3.05, 3.63) is 47.5 Å². The van der Waals surface area contributed by atoms with Crippen molar-refractivity contribution in [2.45, 2.75) is 84.5 Å². The van der Waals surface area contributed by atoms with Crippen LogP contribution in [-0.2, 0) is 9.47 Å². The Hall–Kier alpha value is -2.10. The van der Waals surface area contributed by atoms with Gasteiger partial charge in [-0.2, -0.15) is 0 Å². The summed E-state index contributed by atoms with van der Waals surface area (Å²) < 4.78 is 10.6. The first kappa shape index (κ1) is 24.9. The third-order valence-electron chi connectivity index (χ3n) is 4.73. The minimum Gasteiger partial charge on any atom is -0.462 e. The lowest BCUT2D eigenvalue weighted by Crippen LogP contribution is -2.09. The van der Waals surface area contributed by atoms with E-state index in [9.17, 15) is 9.59 Å². The molecule has 1 rings (SSSR count). The van der Waals surface area contributed by atoms with Gasteiger partial charge in [-0.25, -0.2) is 9.59 Å². The molecule has 0 saturated carbocycles. The number of rotatable bonds is 16. The third kappa shape index (κ3) is 12.1. The molecule has 162 valence electrons. The van der Waals surface area contributed by atoms with E-state index in [0.717, 1.165) is 32.1 Å². The molecule has 0 unspecified atom stereocenters. The Morgan fingerprint density at radius 2 is 1.10 bits per heavy atom. The molecule has 29 heavy (non-hydrogen) atoms. The fourth-order valence-corrected chi connectivity index (χ4v) is 2.89. The van der Waals surface area contributed by atoms with E-state index in [1.807, 2.05) is 0 Å². The molecule has 0 N–H and O–H groups in total. The predicted octanol–water partition coefficient (Wildman–Crippen LogP) is 6.89. The van der Waals surface area contributed by atoms with Crippen LogP contribution in [0.5, 0.6) is 0 Å². The molecule has 0 fully saturated rings. The van der Waals surface area contributed by atoms with Gasteiger partial charge in [-0.05, 0) is 56.4 Å². The molecule has 4 heteroatoms. The van der Waals surface area contributed by atoms with Crippen LogP contribution in [0.4, 0.5) is 0 Å². The predicted molar refractivity (Wildman–Crippen MR) is 118 cm³/mol. The summed E-state index contributed by atoms with van der Waals surface area (Å²) in [6, 6.07) is 6.48. The maximum atomic E-state index is 12.1. The fourth-order valence-electron chi connectivity index (χ4n) is 2.89. The summed E-state index contributed by atoms with van der Waals surface area (Å²) in [6.45, 7) is 5.22. The maximum absolute atomic E-state index is 12.1. The number of unbranched alkanes of at least 4 members (excludes halogenated alkanes) is 8. The van der Waals surface area contributed by atoms with Gasteiger partial charge >= 0.3 is 11.9 Å². The molecule has 0 saturated heterocycles. The van der Waals surface area contributed by atoms with Crippen LogP contribution in [0, 0.1) is 0 Å². The Balaban J connectivity index is 2.21. The van der Waals surface area contributed by atoms with Gasteiger partial charge in [0.25, 0.3) is 0 Å². The van der Waals surface area contributed by atoms with Gasteiger partial charge in [-0.1, -0.05) is 64.5 Å². The molecule has 0 aliphatic rings. The Labute approximate surface area is 176 Å². The first-order valence-corrected chi connectivity index (χ1v) is 11.3. The SMILES string of the molecule is CCCCC/C=C/CCCOC(=O)c1ccc(C(=O)OCCCCCCC)cc1. The number of carbonyl (C=O) groups is 2. The topological polar surface area (TPSA) is 52.6 Å². The lowest BCUT2D eigenvalue weighted by molar-refractivity contribution is 0.0485. The van der Waals surface area contributed by atoms with Crippen molar-refractivity contribution >= 4 is 11.9 Å². The monoisotopic (exact) mass is 402 g/mol. The molecule has 1 aromatic rings. The molecular formula is C25H38O4. The highest BCUT2D eigenvalue weighted by Gasteiger charge is 2.10. The second kappa shape index (κ2) is 16.8. The molecule has 0 spiro atoms. The number of carbonyl (C=O) groups excluding carboxylic acids is 2. The minimum atomic E-state index is -0.354. The van der Waals surface area contributed by atoms with Crippen molar-refractivity contribution in [3.8, 4) is 0 Å². The summed E-state index contributed by atoms with van der Waals surface area (Å²) >= 11 is 0. The van der Waals surface area contributed by atoms with E-state index in [1.54, 1.807) is 24.3 Å². The lowest BCUT2D eigenvalue weighted by Gasteiger charge is -2.06. The molecule has 0 bridgehead atoms. The highest BCUT2D eigenvalue weighted by atomic mass is 16.5. The van der Waals surface area contributed by atoms with Crippen LogP contribution >= 0.6 is 0 Å². The highest BCUT2D eigenvalue weighted by molar-refractivity contribution is 5.93. The molecule has 0 aromatic heterocycles. The minimum absolute atomic E-state index is 0.342. The molecule has 0 amide bonds. The van der Waals surface area contributed by atoms with Crippen LogP contribution in [-0.4, -0.2) is 25.2 Å². The second-order valence-electron chi connectivity index (χ2n) is 7.37. The average Bonchev–Trinajstić information content (AvgIpc) is 2.74. The summed E-state index contributed by atoms with van der Waals surface area (Å²) in [6.07, 6.45) is 16.6. The molecule has 1 aromatic carbocycles. The lowest BCUT2D eigenvalue weighted by atomic mass is 10.1. The zero-order valence-electron chi connectivity index (χ0n) is 18.3. The Kier molecular flexibility index (Phi) is 14.5. The number of benzene rings is 1. The average molecular weight is 403 g/mol. The number of esters is 2. The molecule has 0 heterocycles. The molecule has 0 aliphatic carbocycles. The van der Waals surface area contributed by atoms with Crippen LogP contribution in [0.25, 0.3) is 0 Å². The van der Waals surface area contributed by atoms with E-state index in [2.05, 4.69) is 26.0 Å². The largest absolute Gasteiger partial charge is 0.462 e. The van der Waals surface area contributed by atoms with Crippen molar-refractivity contribution in [2.24, 2.45) is 0 Å². The number of hydrogen-bond donors (Lipinski definition) is 0. The van der Waals surface area contributed by atoms with Gasteiger partial charge in [-0.3, -0.25) is 0 Å². The van der Waals surface area contributed by atoms with Crippen LogP contribution in [0.3, 0.4) is 0 Å². The summed E-state index contributed by atoms with van der Waals surface area (Å²) in [5.41, 5.74) is 0.916. The van der Waals surface area contributed by atoms with Gasteiger partial charge in [0.05, 0.1) is 24.3 Å². The molecule has 0 radical (unpaired) electrons. The standard InChI is InChI=1S/C25H38O4/c1-3-5-7-9-10-11-13-15-21-29-25(27)23-18-16-22(17-19-23)24(26)28-20-14-12-8-6-4-2/h10-11,16-19H,3-9,12-15,20-21H2,1-2H3/b11-10+. The van der Waals surface area contributed by atoms with Crippen molar-refractivity contribution in [3.63, 3.8) is 0 Å². The first-order chi connectivity index (χ1) is 14.2. The highest BCUT2D eigenvalue weighted by Crippen LogP contribution is 2.09. The third-order valence-corrected chi connectivity index (χ3v) is 4.73. The van der Waals surface area contributed by atoms with Crippen molar-refractivity contribution in [1.29, 1.82) is 0 Å². The van der Waals surface area contributed by atoms with Crippen LogP contribution in [0.15, 0.2) is 36.4 Å². The summed E-state index contributed by atoms with van der Waals surface area (Å²) in [7, 11) is 0. The van der Waals surface area contributed by atoms with Crippen LogP contribution < -0.4 is 0 Å². The summed E-state index contributed by atoms with van der Waals surface area (Å²) in [4.78, 5) is 24.1. The van der Waals surface area contributed by atoms with E-state index >= 15 is 0 Å². The molecule has 0 atom stereocenters. The van der Waals surface area contributed by atoms with Crippen LogP contribution in [0.2, 0.25) is 0 Å². The van der Waals surface area contributed by atoms with E-state index < -0.39 is 0 Å². The smallest absolute Gasteiger partial charge is 0.338 e. The Morgan fingerprint density at radius 3 is 1.66 bits per heavy atom. The zero-order valence-corrected chi connectivity index (χ0v) is 18.3. The maximum Gasteiger partial charge on any atom is 0.338 e. The van der Waals surface area contributed by atoms with E-state index in [-0.39, 0.29) is 11.9 Å². The van der Waals surface area contributed by atoms with Gasteiger partial charge < -0.3 is 9.47 Å². The summed E-state index contributed by atoms with van der Waals surface area (Å²) in [5.74, 6) is -0.695. The van der Waals surface area contributed by atoms with Gasteiger partial charge in [0.15, 0.2) is 0 Å². The zero-order chi connectivity index (χ0) is 21.2. The fraction of sp³-hybridized carbons (Fsp3) is 0.600. The van der Waals surface area contributed by atoms with Gasteiger partial charge in [0, 0.05) is 0 Å². The van der Waals surface area contributed by atoms with Crippen LogP contribution in [0.1, 0.15) is 105 Å². The van der Waals surface area contributed by atoms with Gasteiger partial charge in [-0.15, -0.1) is 0 Å². The molecule has 4 nitrogen and oxygen atoms in total.